The first kappa shape index (κ1) is 12.3. The maximum atomic E-state index is 9.75. The number of aliphatic hydroxyl groups excluding tert-OH is 2. The Hall–Kier alpha value is -0.120. The summed E-state index contributed by atoms with van der Waals surface area (Å²) < 4.78 is 0. The largest absolute Gasteiger partial charge is 0.396 e. The van der Waals surface area contributed by atoms with Gasteiger partial charge in [-0.2, -0.15) is 0 Å². The molecule has 0 saturated heterocycles. The standard InChI is InChI=1S/C13H25NO2/c15-10-13(7-2-1-3-8-13)9-14-11-5-4-6-12(11)16/h11-12,14-16H,1-10H2/t11-,12-/m0/s1. The van der Waals surface area contributed by atoms with E-state index in [0.29, 0.717) is 6.61 Å². The number of rotatable bonds is 4. The molecule has 0 aliphatic heterocycles. The maximum Gasteiger partial charge on any atom is 0.0693 e. The van der Waals surface area contributed by atoms with Gasteiger partial charge in [-0.05, 0) is 32.1 Å². The van der Waals surface area contributed by atoms with E-state index in [1.165, 1.54) is 19.3 Å². The van der Waals surface area contributed by atoms with Gasteiger partial charge in [0.05, 0.1) is 6.10 Å². The van der Waals surface area contributed by atoms with Crippen molar-refractivity contribution in [3.8, 4) is 0 Å². The second-order valence-corrected chi connectivity index (χ2v) is 5.70. The SMILES string of the molecule is OCC1(CN[C@H]2CCC[C@@H]2O)CCCCC1. The van der Waals surface area contributed by atoms with Gasteiger partial charge in [0.2, 0.25) is 0 Å². The molecule has 3 heteroatoms. The molecule has 2 atom stereocenters. The molecule has 0 aromatic rings. The molecular formula is C13H25NO2. The van der Waals surface area contributed by atoms with Gasteiger partial charge in [0, 0.05) is 24.6 Å². The molecule has 2 aliphatic carbocycles. The molecule has 0 spiro atoms. The Morgan fingerprint density at radius 3 is 2.38 bits per heavy atom. The highest BCUT2D eigenvalue weighted by molar-refractivity contribution is 4.89. The van der Waals surface area contributed by atoms with Crippen molar-refractivity contribution < 1.29 is 10.2 Å². The van der Waals surface area contributed by atoms with E-state index in [2.05, 4.69) is 5.32 Å². The van der Waals surface area contributed by atoms with E-state index in [1.54, 1.807) is 0 Å². The lowest BCUT2D eigenvalue weighted by Crippen LogP contribution is -2.45. The van der Waals surface area contributed by atoms with Gasteiger partial charge in [0.1, 0.15) is 0 Å². The lowest BCUT2D eigenvalue weighted by Gasteiger charge is -2.37. The Bertz CT molecular complexity index is 214. The van der Waals surface area contributed by atoms with Gasteiger partial charge < -0.3 is 15.5 Å². The zero-order valence-electron chi connectivity index (χ0n) is 10.1. The highest BCUT2D eigenvalue weighted by atomic mass is 16.3. The normalized spacial score (nSPS) is 34.1. The first-order chi connectivity index (χ1) is 7.76. The smallest absolute Gasteiger partial charge is 0.0693 e. The third kappa shape index (κ3) is 2.76. The van der Waals surface area contributed by atoms with Gasteiger partial charge in [-0.1, -0.05) is 19.3 Å². The third-order valence-corrected chi connectivity index (χ3v) is 4.47. The number of nitrogens with one attached hydrogen (secondary N) is 1. The highest BCUT2D eigenvalue weighted by Gasteiger charge is 2.33. The average Bonchev–Trinajstić information content (AvgIpc) is 2.74. The highest BCUT2D eigenvalue weighted by Crippen LogP contribution is 2.35. The molecule has 0 amide bonds. The minimum Gasteiger partial charge on any atom is -0.396 e. The Balaban J connectivity index is 1.82. The zero-order valence-corrected chi connectivity index (χ0v) is 10.1. The fraction of sp³-hybridized carbons (Fsp3) is 1.00. The summed E-state index contributed by atoms with van der Waals surface area (Å²) in [7, 11) is 0. The van der Waals surface area contributed by atoms with Crippen LogP contribution >= 0.6 is 0 Å². The molecule has 3 nitrogen and oxygen atoms in total. The van der Waals surface area contributed by atoms with E-state index in [1.807, 2.05) is 0 Å². The molecule has 94 valence electrons. The van der Waals surface area contributed by atoms with Crippen molar-refractivity contribution in [2.45, 2.75) is 63.5 Å². The van der Waals surface area contributed by atoms with E-state index in [0.717, 1.165) is 38.6 Å². The predicted octanol–water partition coefficient (Wildman–Crippen LogP) is 1.43. The summed E-state index contributed by atoms with van der Waals surface area (Å²) in [5.41, 5.74) is 0.0978. The van der Waals surface area contributed by atoms with Crippen LogP contribution in [0.25, 0.3) is 0 Å². The van der Waals surface area contributed by atoms with Crippen molar-refractivity contribution in [2.24, 2.45) is 5.41 Å². The molecule has 0 unspecified atom stereocenters. The summed E-state index contributed by atoms with van der Waals surface area (Å²) in [6.45, 7) is 1.17. The summed E-state index contributed by atoms with van der Waals surface area (Å²) in [6, 6.07) is 0.269. The van der Waals surface area contributed by atoms with Gasteiger partial charge in [-0.25, -0.2) is 0 Å². The molecule has 2 rings (SSSR count). The van der Waals surface area contributed by atoms with E-state index in [9.17, 15) is 10.2 Å². The van der Waals surface area contributed by atoms with Gasteiger partial charge in [-0.15, -0.1) is 0 Å². The third-order valence-electron chi connectivity index (χ3n) is 4.47. The predicted molar refractivity (Wildman–Crippen MR) is 64.3 cm³/mol. The summed E-state index contributed by atoms with van der Waals surface area (Å²) in [6.07, 6.45) is 9.06. The Morgan fingerprint density at radius 1 is 1.06 bits per heavy atom. The molecule has 0 aromatic carbocycles. The first-order valence-electron chi connectivity index (χ1n) is 6.78. The maximum absolute atomic E-state index is 9.75. The number of aliphatic hydroxyl groups is 2. The number of hydrogen-bond donors (Lipinski definition) is 3. The van der Waals surface area contributed by atoms with Crippen LogP contribution in [0, 0.1) is 5.41 Å². The lowest BCUT2D eigenvalue weighted by atomic mass is 9.74. The molecule has 0 heterocycles. The summed E-state index contributed by atoms with van der Waals surface area (Å²) in [5.74, 6) is 0. The minimum absolute atomic E-state index is 0.0978. The summed E-state index contributed by atoms with van der Waals surface area (Å²) in [4.78, 5) is 0. The Labute approximate surface area is 98.2 Å². The number of hydrogen-bond acceptors (Lipinski definition) is 3. The quantitative estimate of drug-likeness (QED) is 0.681. The fourth-order valence-electron chi connectivity index (χ4n) is 3.22. The van der Waals surface area contributed by atoms with Crippen LogP contribution < -0.4 is 5.32 Å². The van der Waals surface area contributed by atoms with Crippen molar-refractivity contribution in [1.82, 2.24) is 5.32 Å². The van der Waals surface area contributed by atoms with Crippen LogP contribution in [0.4, 0.5) is 0 Å². The second-order valence-electron chi connectivity index (χ2n) is 5.70. The first-order valence-corrected chi connectivity index (χ1v) is 6.78. The van der Waals surface area contributed by atoms with Gasteiger partial charge >= 0.3 is 0 Å². The van der Waals surface area contributed by atoms with Crippen molar-refractivity contribution in [3.05, 3.63) is 0 Å². The van der Waals surface area contributed by atoms with E-state index < -0.39 is 0 Å². The Kier molecular flexibility index (Phi) is 4.22. The van der Waals surface area contributed by atoms with Gasteiger partial charge in [0.25, 0.3) is 0 Å². The molecule has 2 saturated carbocycles. The van der Waals surface area contributed by atoms with E-state index >= 15 is 0 Å². The Morgan fingerprint density at radius 2 is 1.81 bits per heavy atom. The van der Waals surface area contributed by atoms with Crippen LogP contribution in [-0.4, -0.2) is 35.5 Å². The van der Waals surface area contributed by atoms with E-state index in [-0.39, 0.29) is 17.6 Å². The monoisotopic (exact) mass is 227 g/mol. The van der Waals surface area contributed by atoms with Gasteiger partial charge in [-0.3, -0.25) is 0 Å². The van der Waals surface area contributed by atoms with E-state index in [4.69, 9.17) is 0 Å². The molecule has 0 radical (unpaired) electrons. The molecule has 3 N–H and O–H groups in total. The van der Waals surface area contributed by atoms with Crippen LogP contribution in [0.3, 0.4) is 0 Å². The molecule has 0 bridgehead atoms. The van der Waals surface area contributed by atoms with Crippen LogP contribution in [0.1, 0.15) is 51.4 Å². The molecule has 0 aromatic heterocycles. The fourth-order valence-corrected chi connectivity index (χ4v) is 3.22. The topological polar surface area (TPSA) is 52.5 Å². The molecular weight excluding hydrogens is 202 g/mol. The molecule has 2 aliphatic rings. The average molecular weight is 227 g/mol. The molecule has 2 fully saturated rings. The van der Waals surface area contributed by atoms with Crippen LogP contribution in [0.15, 0.2) is 0 Å². The van der Waals surface area contributed by atoms with Crippen molar-refractivity contribution in [2.75, 3.05) is 13.2 Å². The second kappa shape index (κ2) is 5.48. The lowest BCUT2D eigenvalue weighted by molar-refractivity contribution is 0.0688. The summed E-state index contributed by atoms with van der Waals surface area (Å²) >= 11 is 0. The van der Waals surface area contributed by atoms with Crippen LogP contribution in [0.2, 0.25) is 0 Å². The minimum atomic E-state index is -0.167. The van der Waals surface area contributed by atoms with Crippen molar-refractivity contribution >= 4 is 0 Å². The zero-order chi connectivity index (χ0) is 11.4. The summed E-state index contributed by atoms with van der Waals surface area (Å²) in [5, 5.41) is 22.8. The van der Waals surface area contributed by atoms with Crippen molar-refractivity contribution in [3.63, 3.8) is 0 Å². The van der Waals surface area contributed by atoms with Crippen LogP contribution in [0.5, 0.6) is 0 Å². The van der Waals surface area contributed by atoms with Gasteiger partial charge in [0.15, 0.2) is 0 Å². The van der Waals surface area contributed by atoms with Crippen molar-refractivity contribution in [1.29, 1.82) is 0 Å². The molecule has 16 heavy (non-hydrogen) atoms. The van der Waals surface area contributed by atoms with Crippen LogP contribution in [-0.2, 0) is 0 Å².